The summed E-state index contributed by atoms with van der Waals surface area (Å²) in [6.45, 7) is 0.334. The fourth-order valence-electron chi connectivity index (χ4n) is 2.98. The van der Waals surface area contributed by atoms with Crippen molar-refractivity contribution in [3.05, 3.63) is 83.7 Å². The highest BCUT2D eigenvalue weighted by molar-refractivity contribution is 5.98. The molecule has 0 radical (unpaired) electrons. The van der Waals surface area contributed by atoms with E-state index in [0.29, 0.717) is 35.1 Å². The molecule has 32 heavy (non-hydrogen) atoms. The van der Waals surface area contributed by atoms with Gasteiger partial charge >= 0.3 is 0 Å². The Morgan fingerprint density at radius 2 is 1.44 bits per heavy atom. The van der Waals surface area contributed by atoms with E-state index >= 15 is 0 Å². The summed E-state index contributed by atoms with van der Waals surface area (Å²) in [6, 6.07) is 17.9. The largest absolute Gasteiger partial charge is 0.493 e. The molecule has 0 saturated carbocycles. The van der Waals surface area contributed by atoms with E-state index in [1.807, 2.05) is 12.1 Å². The molecule has 0 aromatic heterocycles. The molecule has 166 valence electrons. The van der Waals surface area contributed by atoms with Gasteiger partial charge in [-0.2, -0.15) is 0 Å². The number of ether oxygens (including phenoxy) is 3. The van der Waals surface area contributed by atoms with Gasteiger partial charge in [0.05, 0.1) is 14.2 Å². The zero-order valence-electron chi connectivity index (χ0n) is 17.9. The van der Waals surface area contributed by atoms with Crippen molar-refractivity contribution in [1.29, 1.82) is 0 Å². The number of carbonyl (C=O) groups excluding carboxylic acids is 2. The summed E-state index contributed by atoms with van der Waals surface area (Å²) in [7, 11) is 3.02. The molecule has 6 nitrogen and oxygen atoms in total. The minimum Gasteiger partial charge on any atom is -0.493 e. The van der Waals surface area contributed by atoms with Crippen LogP contribution in [-0.2, 0) is 11.3 Å². The molecule has 7 heteroatoms. The van der Waals surface area contributed by atoms with Crippen LogP contribution in [-0.4, -0.2) is 25.9 Å². The van der Waals surface area contributed by atoms with E-state index in [-0.39, 0.29) is 30.3 Å². The van der Waals surface area contributed by atoms with Crippen molar-refractivity contribution in [2.24, 2.45) is 0 Å². The van der Waals surface area contributed by atoms with Gasteiger partial charge in [-0.15, -0.1) is 0 Å². The second-order valence-corrected chi connectivity index (χ2v) is 6.97. The van der Waals surface area contributed by atoms with Gasteiger partial charge in [0.25, 0.3) is 0 Å². The molecule has 0 atom stereocenters. The first-order valence-corrected chi connectivity index (χ1v) is 10.0. The Kier molecular flexibility index (Phi) is 7.80. The third-order valence-corrected chi connectivity index (χ3v) is 4.75. The number of benzene rings is 3. The molecule has 0 unspecified atom stereocenters. The number of hydrogen-bond acceptors (Lipinski definition) is 5. The predicted molar refractivity (Wildman–Crippen MR) is 118 cm³/mol. The second-order valence-electron chi connectivity index (χ2n) is 6.97. The van der Waals surface area contributed by atoms with Crippen LogP contribution in [0.15, 0.2) is 66.7 Å². The van der Waals surface area contributed by atoms with Gasteiger partial charge in [-0.1, -0.05) is 12.1 Å². The Balaban J connectivity index is 1.45. The maximum atomic E-state index is 13.0. The van der Waals surface area contributed by atoms with E-state index in [1.165, 1.54) is 26.4 Å². The Labute approximate surface area is 185 Å². The minimum atomic E-state index is -0.325. The number of Topliss-reactive ketones (excluding diaryl/α,β-unsaturated/α-hetero) is 1. The number of hydrogen-bond donors (Lipinski definition) is 1. The van der Waals surface area contributed by atoms with Crippen molar-refractivity contribution < 1.29 is 28.2 Å². The molecule has 3 rings (SSSR count). The number of nitrogens with one attached hydrogen (secondary N) is 1. The van der Waals surface area contributed by atoms with Crippen LogP contribution in [0.4, 0.5) is 4.39 Å². The monoisotopic (exact) mass is 437 g/mol. The van der Waals surface area contributed by atoms with Gasteiger partial charge in [-0.3, -0.25) is 9.59 Å². The second kappa shape index (κ2) is 10.9. The van der Waals surface area contributed by atoms with E-state index in [2.05, 4.69) is 5.32 Å². The van der Waals surface area contributed by atoms with E-state index < -0.39 is 0 Å². The number of rotatable bonds is 10. The van der Waals surface area contributed by atoms with Crippen molar-refractivity contribution in [1.82, 2.24) is 5.32 Å². The average molecular weight is 437 g/mol. The SMILES string of the molecule is COc1ccc(C(=O)CCC(=O)NCc2ccc(Oc3ccc(F)cc3)cc2)cc1OC. The van der Waals surface area contributed by atoms with Gasteiger partial charge in [-0.25, -0.2) is 4.39 Å². The highest BCUT2D eigenvalue weighted by Gasteiger charge is 2.13. The molecule has 0 fully saturated rings. The first kappa shape index (κ1) is 22.8. The van der Waals surface area contributed by atoms with Crippen molar-refractivity contribution >= 4 is 11.7 Å². The van der Waals surface area contributed by atoms with Crippen LogP contribution in [0, 0.1) is 5.82 Å². The quantitative estimate of drug-likeness (QED) is 0.456. The molecule has 3 aromatic rings. The van der Waals surface area contributed by atoms with Crippen molar-refractivity contribution in [2.45, 2.75) is 19.4 Å². The van der Waals surface area contributed by atoms with Crippen LogP contribution >= 0.6 is 0 Å². The third-order valence-electron chi connectivity index (χ3n) is 4.75. The normalized spacial score (nSPS) is 10.3. The van der Waals surface area contributed by atoms with Gasteiger partial charge in [0.1, 0.15) is 17.3 Å². The Morgan fingerprint density at radius 1 is 0.812 bits per heavy atom. The number of carbonyl (C=O) groups is 2. The number of amides is 1. The van der Waals surface area contributed by atoms with Gasteiger partial charge in [-0.05, 0) is 60.2 Å². The summed E-state index contributed by atoms with van der Waals surface area (Å²) < 4.78 is 29.0. The number of ketones is 1. The molecule has 0 aliphatic rings. The van der Waals surface area contributed by atoms with Crippen LogP contribution in [0.5, 0.6) is 23.0 Å². The maximum Gasteiger partial charge on any atom is 0.220 e. The highest BCUT2D eigenvalue weighted by atomic mass is 19.1. The molecule has 3 aromatic carbocycles. The zero-order valence-corrected chi connectivity index (χ0v) is 17.9. The average Bonchev–Trinajstić information content (AvgIpc) is 2.83. The molecular formula is C25H24FNO5. The third kappa shape index (κ3) is 6.31. The number of methoxy groups -OCH3 is 2. The summed E-state index contributed by atoms with van der Waals surface area (Å²) in [5, 5.41) is 2.80. The van der Waals surface area contributed by atoms with E-state index in [0.717, 1.165) is 5.56 Å². The molecule has 0 aliphatic carbocycles. The molecule has 1 N–H and O–H groups in total. The van der Waals surface area contributed by atoms with Gasteiger partial charge < -0.3 is 19.5 Å². The van der Waals surface area contributed by atoms with E-state index in [1.54, 1.807) is 42.5 Å². The van der Waals surface area contributed by atoms with Crippen LogP contribution in [0.2, 0.25) is 0 Å². The van der Waals surface area contributed by atoms with E-state index in [4.69, 9.17) is 14.2 Å². The maximum absolute atomic E-state index is 13.0. The van der Waals surface area contributed by atoms with E-state index in [9.17, 15) is 14.0 Å². The van der Waals surface area contributed by atoms with Crippen LogP contribution in [0.3, 0.4) is 0 Å². The smallest absolute Gasteiger partial charge is 0.220 e. The fourth-order valence-corrected chi connectivity index (χ4v) is 2.98. The van der Waals surface area contributed by atoms with Crippen LogP contribution < -0.4 is 19.5 Å². The lowest BCUT2D eigenvalue weighted by atomic mass is 10.1. The first-order valence-electron chi connectivity index (χ1n) is 10.0. The lowest BCUT2D eigenvalue weighted by Crippen LogP contribution is -2.23. The van der Waals surface area contributed by atoms with Crippen LogP contribution in [0.25, 0.3) is 0 Å². The zero-order chi connectivity index (χ0) is 22.9. The van der Waals surface area contributed by atoms with Crippen molar-refractivity contribution in [2.75, 3.05) is 14.2 Å². The molecule has 0 bridgehead atoms. The Hall–Kier alpha value is -3.87. The number of halogens is 1. The fraction of sp³-hybridized carbons (Fsp3) is 0.200. The summed E-state index contributed by atoms with van der Waals surface area (Å²) in [4.78, 5) is 24.5. The molecule has 0 heterocycles. The standard InChI is InChI=1S/C25H24FNO5/c1-30-23-13-5-18(15-24(23)31-2)22(28)12-14-25(29)27-16-17-3-8-20(9-4-17)32-21-10-6-19(26)7-11-21/h3-11,13,15H,12,14,16H2,1-2H3,(H,27,29). The summed E-state index contributed by atoms with van der Waals surface area (Å²) >= 11 is 0. The lowest BCUT2D eigenvalue weighted by molar-refractivity contribution is -0.121. The van der Waals surface area contributed by atoms with Gasteiger partial charge in [0, 0.05) is 24.9 Å². The topological polar surface area (TPSA) is 73.9 Å². The van der Waals surface area contributed by atoms with Crippen molar-refractivity contribution in [3.8, 4) is 23.0 Å². The Morgan fingerprint density at radius 3 is 2.06 bits per heavy atom. The Bertz CT molecular complexity index is 1060. The predicted octanol–water partition coefficient (Wildman–Crippen LogP) is 4.91. The molecule has 0 saturated heterocycles. The van der Waals surface area contributed by atoms with Crippen LogP contribution in [0.1, 0.15) is 28.8 Å². The molecule has 1 amide bonds. The van der Waals surface area contributed by atoms with Gasteiger partial charge in [0.15, 0.2) is 17.3 Å². The lowest BCUT2D eigenvalue weighted by Gasteiger charge is -2.09. The molecule has 0 aliphatic heterocycles. The van der Waals surface area contributed by atoms with Crippen molar-refractivity contribution in [3.63, 3.8) is 0 Å². The highest BCUT2D eigenvalue weighted by Crippen LogP contribution is 2.28. The minimum absolute atomic E-state index is 0.0823. The summed E-state index contributed by atoms with van der Waals surface area (Å²) in [5.41, 5.74) is 1.35. The molecule has 0 spiro atoms. The molecular weight excluding hydrogens is 413 g/mol. The summed E-state index contributed by atoms with van der Waals surface area (Å²) in [5.74, 6) is 1.45. The summed E-state index contributed by atoms with van der Waals surface area (Å²) in [6.07, 6.45) is 0.171. The first-order chi connectivity index (χ1) is 15.5. The van der Waals surface area contributed by atoms with Gasteiger partial charge in [0.2, 0.25) is 5.91 Å².